The number of carbonyl (C=O) groups is 2. The summed E-state index contributed by atoms with van der Waals surface area (Å²) in [6.07, 6.45) is 0.490. The third-order valence-corrected chi connectivity index (χ3v) is 3.65. The lowest BCUT2D eigenvalue weighted by molar-refractivity contribution is -0.383. The number of nitro benzene ring substituents is 1. The van der Waals surface area contributed by atoms with E-state index in [1.807, 2.05) is 0 Å². The fourth-order valence-electron chi connectivity index (χ4n) is 2.33. The van der Waals surface area contributed by atoms with Gasteiger partial charge in [0, 0.05) is 17.6 Å². The van der Waals surface area contributed by atoms with Crippen LogP contribution >= 0.6 is 11.6 Å². The van der Waals surface area contributed by atoms with Gasteiger partial charge in [0.1, 0.15) is 5.69 Å². The summed E-state index contributed by atoms with van der Waals surface area (Å²) in [5, 5.41) is 22.5. The van der Waals surface area contributed by atoms with Crippen molar-refractivity contribution in [1.29, 1.82) is 0 Å². The average molecular weight is 328 g/mol. The lowest BCUT2D eigenvalue weighted by Crippen LogP contribution is -2.32. The number of nitrogens with one attached hydrogen (secondary N) is 1. The molecule has 0 aliphatic carbocycles. The van der Waals surface area contributed by atoms with Crippen molar-refractivity contribution in [3.05, 3.63) is 33.3 Å². The van der Waals surface area contributed by atoms with E-state index in [-0.39, 0.29) is 22.9 Å². The van der Waals surface area contributed by atoms with Crippen molar-refractivity contribution in [2.24, 2.45) is 5.92 Å². The van der Waals surface area contributed by atoms with E-state index in [0.717, 1.165) is 6.07 Å². The van der Waals surface area contributed by atoms with Crippen LogP contribution in [0.5, 0.6) is 0 Å². The molecular weight excluding hydrogens is 314 g/mol. The van der Waals surface area contributed by atoms with Gasteiger partial charge in [-0.3, -0.25) is 24.6 Å². The second-order valence-corrected chi connectivity index (χ2v) is 5.46. The first-order valence-electron chi connectivity index (χ1n) is 6.56. The highest BCUT2D eigenvalue weighted by Gasteiger charge is 2.29. The number of rotatable bonds is 5. The van der Waals surface area contributed by atoms with Crippen molar-refractivity contribution < 1.29 is 19.6 Å². The fourth-order valence-corrected chi connectivity index (χ4v) is 2.50. The Morgan fingerprint density at radius 1 is 1.50 bits per heavy atom. The van der Waals surface area contributed by atoms with Crippen LogP contribution < -0.4 is 5.32 Å². The highest BCUT2D eigenvalue weighted by atomic mass is 35.5. The number of anilines is 1. The highest BCUT2D eigenvalue weighted by molar-refractivity contribution is 6.31. The Kier molecular flexibility index (Phi) is 4.94. The maximum atomic E-state index is 11.9. The predicted molar refractivity (Wildman–Crippen MR) is 78.9 cm³/mol. The number of nitrogens with zero attached hydrogens (tertiary/aromatic N) is 2. The van der Waals surface area contributed by atoms with Gasteiger partial charge in [-0.1, -0.05) is 11.6 Å². The molecule has 0 bridgehead atoms. The number of benzene rings is 1. The standard InChI is InChI=1S/C13H14ClN3O5/c14-9-1-2-10(11(5-9)17(21)22)15-12(18)7-16-4-3-8(6-16)13(19)20/h1-2,5,8H,3-4,6-7H2,(H,15,18)(H,19,20). The van der Waals surface area contributed by atoms with Crippen molar-refractivity contribution in [2.75, 3.05) is 25.0 Å². The van der Waals surface area contributed by atoms with Gasteiger partial charge in [0.25, 0.3) is 5.69 Å². The normalized spacial score (nSPS) is 18.1. The highest BCUT2D eigenvalue weighted by Crippen LogP contribution is 2.27. The molecule has 1 aromatic rings. The molecule has 9 heteroatoms. The van der Waals surface area contributed by atoms with E-state index in [4.69, 9.17) is 16.7 Å². The lowest BCUT2D eigenvalue weighted by Gasteiger charge is -2.14. The Bertz CT molecular complexity index is 622. The molecule has 2 rings (SSSR count). The first-order chi connectivity index (χ1) is 10.4. The second-order valence-electron chi connectivity index (χ2n) is 5.03. The molecule has 22 heavy (non-hydrogen) atoms. The molecule has 1 atom stereocenters. The minimum Gasteiger partial charge on any atom is -0.481 e. The number of aliphatic carboxylic acids is 1. The van der Waals surface area contributed by atoms with E-state index >= 15 is 0 Å². The molecule has 1 saturated heterocycles. The summed E-state index contributed by atoms with van der Waals surface area (Å²) in [4.78, 5) is 34.8. The monoisotopic (exact) mass is 327 g/mol. The number of hydrogen-bond donors (Lipinski definition) is 2. The molecule has 1 amide bonds. The van der Waals surface area contributed by atoms with E-state index in [0.29, 0.717) is 19.5 Å². The lowest BCUT2D eigenvalue weighted by atomic mass is 10.1. The van der Waals surface area contributed by atoms with E-state index in [1.54, 1.807) is 4.90 Å². The van der Waals surface area contributed by atoms with Crippen LogP contribution in [-0.2, 0) is 9.59 Å². The number of carboxylic acids is 1. The average Bonchev–Trinajstić information content (AvgIpc) is 2.89. The zero-order chi connectivity index (χ0) is 16.3. The molecule has 0 spiro atoms. The van der Waals surface area contributed by atoms with Gasteiger partial charge in [-0.25, -0.2) is 0 Å². The summed E-state index contributed by atoms with van der Waals surface area (Å²) in [6.45, 7) is 0.794. The Labute approximate surface area is 130 Å². The van der Waals surface area contributed by atoms with Crippen molar-refractivity contribution in [2.45, 2.75) is 6.42 Å². The zero-order valence-corrected chi connectivity index (χ0v) is 12.2. The minimum atomic E-state index is -0.878. The van der Waals surface area contributed by atoms with E-state index in [1.165, 1.54) is 12.1 Å². The number of hydrogen-bond acceptors (Lipinski definition) is 5. The first-order valence-corrected chi connectivity index (χ1v) is 6.93. The number of carbonyl (C=O) groups excluding carboxylic acids is 1. The van der Waals surface area contributed by atoms with Crippen LogP contribution in [0, 0.1) is 16.0 Å². The van der Waals surface area contributed by atoms with Gasteiger partial charge in [-0.2, -0.15) is 0 Å². The number of amides is 1. The van der Waals surface area contributed by atoms with Gasteiger partial charge >= 0.3 is 5.97 Å². The number of nitro groups is 1. The van der Waals surface area contributed by atoms with Crippen LogP contribution in [0.15, 0.2) is 18.2 Å². The molecule has 8 nitrogen and oxygen atoms in total. The molecule has 1 fully saturated rings. The summed E-state index contributed by atoms with van der Waals surface area (Å²) >= 11 is 5.70. The minimum absolute atomic E-state index is 0.0104. The molecule has 2 N–H and O–H groups in total. The topological polar surface area (TPSA) is 113 Å². The molecule has 0 aromatic heterocycles. The number of halogens is 1. The Hall–Kier alpha value is -2.19. The van der Waals surface area contributed by atoms with Gasteiger partial charge in [-0.05, 0) is 25.1 Å². The van der Waals surface area contributed by atoms with Crippen molar-refractivity contribution in [1.82, 2.24) is 4.90 Å². The Morgan fingerprint density at radius 2 is 2.23 bits per heavy atom. The molecule has 0 radical (unpaired) electrons. The molecule has 1 unspecified atom stereocenters. The van der Waals surface area contributed by atoms with E-state index in [9.17, 15) is 19.7 Å². The third kappa shape index (κ3) is 3.92. The van der Waals surface area contributed by atoms with Gasteiger partial charge in [0.05, 0.1) is 17.4 Å². The maximum absolute atomic E-state index is 11.9. The van der Waals surface area contributed by atoms with Crippen LogP contribution in [0.1, 0.15) is 6.42 Å². The van der Waals surface area contributed by atoms with Gasteiger partial charge in [-0.15, -0.1) is 0 Å². The summed E-state index contributed by atoms with van der Waals surface area (Å²) in [5.41, 5.74) is -0.223. The van der Waals surface area contributed by atoms with Crippen LogP contribution in [0.4, 0.5) is 11.4 Å². The summed E-state index contributed by atoms with van der Waals surface area (Å²) < 4.78 is 0. The fraction of sp³-hybridized carbons (Fsp3) is 0.385. The second kappa shape index (κ2) is 6.71. The van der Waals surface area contributed by atoms with Crippen molar-refractivity contribution in [3.63, 3.8) is 0 Å². The predicted octanol–water partition coefficient (Wildman–Crippen LogP) is 1.59. The van der Waals surface area contributed by atoms with Crippen LogP contribution in [-0.4, -0.2) is 46.4 Å². The van der Waals surface area contributed by atoms with Crippen molar-refractivity contribution in [3.8, 4) is 0 Å². The zero-order valence-electron chi connectivity index (χ0n) is 11.5. The van der Waals surface area contributed by atoms with E-state index in [2.05, 4.69) is 5.32 Å². The maximum Gasteiger partial charge on any atom is 0.307 e. The summed E-state index contributed by atoms with van der Waals surface area (Å²) in [7, 11) is 0. The molecule has 1 aromatic carbocycles. The smallest absolute Gasteiger partial charge is 0.307 e. The Balaban J connectivity index is 1.98. The van der Waals surface area contributed by atoms with Gasteiger partial charge in [0.15, 0.2) is 0 Å². The molecular formula is C13H14ClN3O5. The van der Waals surface area contributed by atoms with Crippen LogP contribution in [0.2, 0.25) is 5.02 Å². The summed E-state index contributed by atoms with van der Waals surface area (Å²) in [5.74, 6) is -1.79. The number of likely N-dealkylation sites (tertiary alicyclic amines) is 1. The molecule has 118 valence electrons. The Morgan fingerprint density at radius 3 is 2.82 bits per heavy atom. The van der Waals surface area contributed by atoms with Crippen LogP contribution in [0.3, 0.4) is 0 Å². The van der Waals surface area contributed by atoms with Crippen LogP contribution in [0.25, 0.3) is 0 Å². The van der Waals surface area contributed by atoms with Gasteiger partial charge in [0.2, 0.25) is 5.91 Å². The number of carboxylic acid groups (broad SMARTS) is 1. The molecule has 1 heterocycles. The largest absolute Gasteiger partial charge is 0.481 e. The third-order valence-electron chi connectivity index (χ3n) is 3.42. The van der Waals surface area contributed by atoms with Crippen molar-refractivity contribution >= 4 is 34.9 Å². The summed E-state index contributed by atoms with van der Waals surface area (Å²) in [6, 6.07) is 3.97. The van der Waals surface area contributed by atoms with E-state index < -0.39 is 22.7 Å². The molecule has 1 aliphatic heterocycles. The SMILES string of the molecule is O=C(CN1CCC(C(=O)O)C1)Nc1ccc(Cl)cc1[N+](=O)[O-]. The van der Waals surface area contributed by atoms with Gasteiger partial charge < -0.3 is 10.4 Å². The first kappa shape index (κ1) is 16.2. The molecule has 1 aliphatic rings. The quantitative estimate of drug-likeness (QED) is 0.627. The molecule has 0 saturated carbocycles.